The Labute approximate surface area is 112 Å². The van der Waals surface area contributed by atoms with Crippen LogP contribution in [0.2, 0.25) is 10.2 Å². The molecule has 1 rings (SSSR count). The summed E-state index contributed by atoms with van der Waals surface area (Å²) in [6, 6.07) is 3.27. The summed E-state index contributed by atoms with van der Waals surface area (Å²) in [6.45, 7) is 6.63. The molecule has 0 aliphatic carbocycles. The quantitative estimate of drug-likeness (QED) is 0.786. The first-order valence-corrected chi connectivity index (χ1v) is 6.36. The van der Waals surface area contributed by atoms with Crippen molar-refractivity contribution in [2.24, 2.45) is 0 Å². The highest BCUT2D eigenvalue weighted by molar-refractivity contribution is 6.34. The van der Waals surface area contributed by atoms with E-state index in [2.05, 4.69) is 4.98 Å². The van der Waals surface area contributed by atoms with Crippen LogP contribution in [0.15, 0.2) is 12.1 Å². The molecule has 0 bridgehead atoms. The number of hydrogen-bond acceptors (Lipinski definition) is 2. The van der Waals surface area contributed by atoms with Gasteiger partial charge in [0, 0.05) is 12.6 Å². The predicted molar refractivity (Wildman–Crippen MR) is 70.7 cm³/mol. The van der Waals surface area contributed by atoms with Gasteiger partial charge < -0.3 is 4.90 Å². The molecule has 0 aromatic carbocycles. The Morgan fingerprint density at radius 1 is 1.41 bits per heavy atom. The monoisotopic (exact) mass is 274 g/mol. The topological polar surface area (TPSA) is 33.2 Å². The minimum absolute atomic E-state index is 0.110. The minimum Gasteiger partial charge on any atom is -0.335 e. The van der Waals surface area contributed by atoms with E-state index in [1.54, 1.807) is 17.0 Å². The van der Waals surface area contributed by atoms with E-state index in [0.29, 0.717) is 11.6 Å². The van der Waals surface area contributed by atoms with Gasteiger partial charge in [-0.1, -0.05) is 30.1 Å². The minimum atomic E-state index is -0.172. The number of amides is 1. The first-order valence-electron chi connectivity index (χ1n) is 5.60. The predicted octanol–water partition coefficient (Wildman–Crippen LogP) is 3.65. The zero-order valence-electron chi connectivity index (χ0n) is 10.2. The zero-order chi connectivity index (χ0) is 13.0. The van der Waals surface area contributed by atoms with Crippen molar-refractivity contribution in [3.05, 3.63) is 28.0 Å². The molecule has 3 nitrogen and oxygen atoms in total. The standard InChI is InChI=1S/C12H16Cl2N2O/c1-4-7-16(8(2)3)12(17)11-9(13)5-6-10(14)15-11/h5-6,8H,4,7H2,1-3H3. The summed E-state index contributed by atoms with van der Waals surface area (Å²) in [5, 5.41) is 0.610. The third-order valence-electron chi connectivity index (χ3n) is 2.36. The molecule has 1 aromatic heterocycles. The summed E-state index contributed by atoms with van der Waals surface area (Å²) in [5.74, 6) is -0.172. The van der Waals surface area contributed by atoms with Crippen LogP contribution in [-0.2, 0) is 0 Å². The second-order valence-electron chi connectivity index (χ2n) is 4.06. The molecular weight excluding hydrogens is 259 g/mol. The van der Waals surface area contributed by atoms with E-state index in [1.165, 1.54) is 0 Å². The smallest absolute Gasteiger partial charge is 0.274 e. The van der Waals surface area contributed by atoms with Gasteiger partial charge in [-0.05, 0) is 32.4 Å². The van der Waals surface area contributed by atoms with Gasteiger partial charge in [0.15, 0.2) is 0 Å². The van der Waals surface area contributed by atoms with Crippen LogP contribution in [0.4, 0.5) is 0 Å². The fourth-order valence-corrected chi connectivity index (χ4v) is 1.87. The molecule has 0 saturated heterocycles. The van der Waals surface area contributed by atoms with Crippen LogP contribution >= 0.6 is 23.2 Å². The lowest BCUT2D eigenvalue weighted by Gasteiger charge is -2.26. The average molecular weight is 275 g/mol. The van der Waals surface area contributed by atoms with E-state index >= 15 is 0 Å². The fraction of sp³-hybridized carbons (Fsp3) is 0.500. The third-order valence-corrected chi connectivity index (χ3v) is 2.88. The average Bonchev–Trinajstić information content (AvgIpc) is 2.28. The highest BCUT2D eigenvalue weighted by Crippen LogP contribution is 2.19. The van der Waals surface area contributed by atoms with E-state index in [9.17, 15) is 4.79 Å². The van der Waals surface area contributed by atoms with Crippen LogP contribution in [-0.4, -0.2) is 28.4 Å². The molecule has 1 heterocycles. The van der Waals surface area contributed by atoms with Gasteiger partial charge in [-0.15, -0.1) is 0 Å². The van der Waals surface area contributed by atoms with Crippen molar-refractivity contribution in [2.45, 2.75) is 33.2 Å². The first-order chi connectivity index (χ1) is 7.97. The van der Waals surface area contributed by atoms with Gasteiger partial charge in [0.2, 0.25) is 0 Å². The molecule has 0 saturated carbocycles. The lowest BCUT2D eigenvalue weighted by molar-refractivity contribution is 0.0700. The summed E-state index contributed by atoms with van der Waals surface area (Å²) in [4.78, 5) is 18.0. The van der Waals surface area contributed by atoms with Gasteiger partial charge in [-0.3, -0.25) is 4.79 Å². The van der Waals surface area contributed by atoms with Gasteiger partial charge in [0.25, 0.3) is 5.91 Å². The lowest BCUT2D eigenvalue weighted by atomic mass is 10.2. The Morgan fingerprint density at radius 3 is 2.59 bits per heavy atom. The maximum atomic E-state index is 12.3. The van der Waals surface area contributed by atoms with Gasteiger partial charge in [0.1, 0.15) is 10.8 Å². The van der Waals surface area contributed by atoms with E-state index in [0.717, 1.165) is 6.42 Å². The summed E-state index contributed by atoms with van der Waals surface area (Å²) < 4.78 is 0. The van der Waals surface area contributed by atoms with Crippen LogP contribution in [0, 0.1) is 0 Å². The number of carbonyl (C=O) groups is 1. The number of halogens is 2. The Hall–Kier alpha value is -0.800. The summed E-state index contributed by atoms with van der Waals surface area (Å²) >= 11 is 11.8. The Bertz CT molecular complexity index is 407. The maximum absolute atomic E-state index is 12.3. The van der Waals surface area contributed by atoms with Gasteiger partial charge >= 0.3 is 0 Å². The summed E-state index contributed by atoms with van der Waals surface area (Å²) in [6.07, 6.45) is 0.891. The van der Waals surface area contributed by atoms with Crippen molar-refractivity contribution in [3.8, 4) is 0 Å². The van der Waals surface area contributed by atoms with Crippen molar-refractivity contribution < 1.29 is 4.79 Å². The van der Waals surface area contributed by atoms with Crippen LogP contribution in [0.5, 0.6) is 0 Å². The largest absolute Gasteiger partial charge is 0.335 e. The van der Waals surface area contributed by atoms with Crippen molar-refractivity contribution >= 4 is 29.1 Å². The summed E-state index contributed by atoms with van der Waals surface area (Å²) in [7, 11) is 0. The maximum Gasteiger partial charge on any atom is 0.274 e. The van der Waals surface area contributed by atoms with Crippen molar-refractivity contribution in [1.29, 1.82) is 0 Å². The first kappa shape index (κ1) is 14.3. The molecule has 1 amide bonds. The molecule has 0 atom stereocenters. The highest BCUT2D eigenvalue weighted by atomic mass is 35.5. The SMILES string of the molecule is CCCN(C(=O)c1nc(Cl)ccc1Cl)C(C)C. The molecule has 0 aliphatic heterocycles. The van der Waals surface area contributed by atoms with Crippen LogP contribution in [0.25, 0.3) is 0 Å². The van der Waals surface area contributed by atoms with Crippen LogP contribution < -0.4 is 0 Å². The van der Waals surface area contributed by atoms with E-state index in [4.69, 9.17) is 23.2 Å². The lowest BCUT2D eigenvalue weighted by Crippen LogP contribution is -2.38. The molecule has 0 fully saturated rings. The number of hydrogen-bond donors (Lipinski definition) is 0. The van der Waals surface area contributed by atoms with Gasteiger partial charge in [-0.2, -0.15) is 0 Å². The number of nitrogens with zero attached hydrogens (tertiary/aromatic N) is 2. The van der Waals surface area contributed by atoms with E-state index in [-0.39, 0.29) is 22.8 Å². The number of carbonyl (C=O) groups excluding carboxylic acids is 1. The molecule has 0 unspecified atom stereocenters. The molecule has 0 radical (unpaired) electrons. The molecule has 17 heavy (non-hydrogen) atoms. The highest BCUT2D eigenvalue weighted by Gasteiger charge is 2.21. The molecule has 0 aliphatic rings. The van der Waals surface area contributed by atoms with Crippen LogP contribution in [0.3, 0.4) is 0 Å². The molecular formula is C12H16Cl2N2O. The zero-order valence-corrected chi connectivity index (χ0v) is 11.7. The number of rotatable bonds is 4. The Kier molecular flexibility index (Phi) is 5.22. The second-order valence-corrected chi connectivity index (χ2v) is 4.85. The molecule has 94 valence electrons. The van der Waals surface area contributed by atoms with Crippen molar-refractivity contribution in [3.63, 3.8) is 0 Å². The van der Waals surface area contributed by atoms with Crippen molar-refractivity contribution in [2.75, 3.05) is 6.54 Å². The Balaban J connectivity index is 3.04. The summed E-state index contributed by atoms with van der Waals surface area (Å²) in [5.41, 5.74) is 0.223. The fourth-order valence-electron chi connectivity index (χ4n) is 1.54. The van der Waals surface area contributed by atoms with Gasteiger partial charge in [-0.25, -0.2) is 4.98 Å². The molecule has 0 spiro atoms. The van der Waals surface area contributed by atoms with E-state index in [1.807, 2.05) is 20.8 Å². The van der Waals surface area contributed by atoms with Crippen molar-refractivity contribution in [1.82, 2.24) is 9.88 Å². The number of aromatic nitrogens is 1. The molecule has 5 heteroatoms. The third kappa shape index (κ3) is 3.58. The normalized spacial score (nSPS) is 10.7. The molecule has 1 aromatic rings. The van der Waals surface area contributed by atoms with Crippen LogP contribution in [0.1, 0.15) is 37.7 Å². The van der Waals surface area contributed by atoms with Gasteiger partial charge in [0.05, 0.1) is 5.02 Å². The second kappa shape index (κ2) is 6.22. The molecule has 0 N–H and O–H groups in total. The Morgan fingerprint density at radius 2 is 2.06 bits per heavy atom. The number of pyridine rings is 1. The van der Waals surface area contributed by atoms with E-state index < -0.39 is 0 Å².